The predicted molar refractivity (Wildman–Crippen MR) is 60.4 cm³/mol. The fourth-order valence-electron chi connectivity index (χ4n) is 1.92. The number of nitrogens with two attached hydrogens (primary N) is 1. The summed E-state index contributed by atoms with van der Waals surface area (Å²) < 4.78 is 0. The molecule has 2 heteroatoms. The molecule has 0 amide bonds. The first-order valence-electron chi connectivity index (χ1n) is 5.31. The van der Waals surface area contributed by atoms with E-state index >= 15 is 0 Å². The zero-order valence-electron chi connectivity index (χ0n) is 8.88. The van der Waals surface area contributed by atoms with Crippen molar-refractivity contribution in [1.82, 2.24) is 0 Å². The van der Waals surface area contributed by atoms with Gasteiger partial charge in [0.05, 0.1) is 0 Å². The normalized spacial score (nSPS) is 16.6. The van der Waals surface area contributed by atoms with Crippen molar-refractivity contribution in [2.24, 2.45) is 11.7 Å². The van der Waals surface area contributed by atoms with Crippen LogP contribution in [0.25, 0.3) is 0 Å². The molecule has 3 N–H and O–H groups in total. The maximum absolute atomic E-state index is 6.11. The molecule has 1 aromatic carbocycles. The van der Waals surface area contributed by atoms with E-state index in [-0.39, 0.29) is 6.04 Å². The van der Waals surface area contributed by atoms with E-state index in [0.717, 1.165) is 13.0 Å². The number of anilines is 1. The Morgan fingerprint density at radius 2 is 2.14 bits per heavy atom. The van der Waals surface area contributed by atoms with Gasteiger partial charge in [-0.3, -0.25) is 0 Å². The van der Waals surface area contributed by atoms with Gasteiger partial charge in [-0.1, -0.05) is 26.0 Å². The predicted octanol–water partition coefficient (Wildman–Crippen LogP) is 2.31. The molecule has 1 aromatic rings. The molecule has 0 spiro atoms. The van der Waals surface area contributed by atoms with Crippen LogP contribution in [0.3, 0.4) is 0 Å². The highest BCUT2D eigenvalue weighted by atomic mass is 14.9. The number of fused-ring (bicyclic) bond motifs is 1. The van der Waals surface area contributed by atoms with Crippen molar-refractivity contribution in [1.29, 1.82) is 0 Å². The Morgan fingerprint density at radius 1 is 1.36 bits per heavy atom. The van der Waals surface area contributed by atoms with E-state index in [4.69, 9.17) is 5.73 Å². The van der Waals surface area contributed by atoms with Crippen LogP contribution in [-0.2, 0) is 6.42 Å². The minimum atomic E-state index is 0.167. The third-order valence-corrected chi connectivity index (χ3v) is 2.94. The number of rotatable bonds is 2. The van der Waals surface area contributed by atoms with Crippen LogP contribution in [-0.4, -0.2) is 6.54 Å². The van der Waals surface area contributed by atoms with Gasteiger partial charge >= 0.3 is 0 Å². The summed E-state index contributed by atoms with van der Waals surface area (Å²) in [5, 5.41) is 3.35. The summed E-state index contributed by atoms with van der Waals surface area (Å²) in [5.41, 5.74) is 10.1. The van der Waals surface area contributed by atoms with Crippen LogP contribution in [0, 0.1) is 5.92 Å². The molecule has 1 atom stereocenters. The zero-order chi connectivity index (χ0) is 10.1. The van der Waals surface area contributed by atoms with Crippen LogP contribution in [0.2, 0.25) is 0 Å². The Bertz CT molecular complexity index is 331. The van der Waals surface area contributed by atoms with Gasteiger partial charge in [-0.15, -0.1) is 0 Å². The fraction of sp³-hybridized carbons (Fsp3) is 0.500. The van der Waals surface area contributed by atoms with Gasteiger partial charge in [-0.25, -0.2) is 0 Å². The van der Waals surface area contributed by atoms with Gasteiger partial charge in [-0.2, -0.15) is 0 Å². The van der Waals surface area contributed by atoms with E-state index in [1.165, 1.54) is 16.8 Å². The van der Waals surface area contributed by atoms with Crippen molar-refractivity contribution < 1.29 is 0 Å². The average molecular weight is 190 g/mol. The van der Waals surface area contributed by atoms with Crippen molar-refractivity contribution in [3.8, 4) is 0 Å². The molecule has 2 nitrogen and oxygen atoms in total. The summed E-state index contributed by atoms with van der Waals surface area (Å²) in [7, 11) is 0. The lowest BCUT2D eigenvalue weighted by molar-refractivity contribution is 0.514. The van der Waals surface area contributed by atoms with E-state index in [1.54, 1.807) is 0 Å². The first-order valence-corrected chi connectivity index (χ1v) is 5.31. The second kappa shape index (κ2) is 3.62. The number of hydrogen-bond acceptors (Lipinski definition) is 2. The first-order chi connectivity index (χ1) is 6.68. The summed E-state index contributed by atoms with van der Waals surface area (Å²) in [6, 6.07) is 6.71. The third kappa shape index (κ3) is 1.62. The van der Waals surface area contributed by atoms with Crippen molar-refractivity contribution in [3.63, 3.8) is 0 Å². The molecule has 0 saturated carbocycles. The summed E-state index contributed by atoms with van der Waals surface area (Å²) in [5.74, 6) is 0.502. The standard InChI is InChI=1S/C12H18N2/c1-8(2)12(13)10-3-4-11-9(7-10)5-6-14-11/h3-4,7-8,12,14H,5-6,13H2,1-2H3. The minimum absolute atomic E-state index is 0.167. The molecule has 0 bridgehead atoms. The highest BCUT2D eigenvalue weighted by Gasteiger charge is 2.14. The maximum atomic E-state index is 6.11. The Kier molecular flexibility index (Phi) is 2.46. The molecule has 1 heterocycles. The van der Waals surface area contributed by atoms with Crippen LogP contribution in [0.4, 0.5) is 5.69 Å². The first kappa shape index (κ1) is 9.53. The number of benzene rings is 1. The van der Waals surface area contributed by atoms with Crippen molar-refractivity contribution in [2.45, 2.75) is 26.3 Å². The van der Waals surface area contributed by atoms with Crippen LogP contribution in [0.1, 0.15) is 31.0 Å². The van der Waals surface area contributed by atoms with Gasteiger partial charge in [0.25, 0.3) is 0 Å². The highest BCUT2D eigenvalue weighted by Crippen LogP contribution is 2.27. The second-order valence-electron chi connectivity index (χ2n) is 4.36. The zero-order valence-corrected chi connectivity index (χ0v) is 8.88. The lowest BCUT2D eigenvalue weighted by Crippen LogP contribution is -2.16. The quantitative estimate of drug-likeness (QED) is 0.751. The molecule has 1 aliphatic rings. The average Bonchev–Trinajstić information content (AvgIpc) is 2.62. The third-order valence-electron chi connectivity index (χ3n) is 2.94. The van der Waals surface area contributed by atoms with E-state index < -0.39 is 0 Å². The van der Waals surface area contributed by atoms with Crippen molar-refractivity contribution in [2.75, 3.05) is 11.9 Å². The lowest BCUT2D eigenvalue weighted by Gasteiger charge is -2.16. The number of nitrogens with one attached hydrogen (secondary N) is 1. The summed E-state index contributed by atoms with van der Waals surface area (Å²) in [6.45, 7) is 5.39. The van der Waals surface area contributed by atoms with E-state index in [2.05, 4.69) is 37.4 Å². The summed E-state index contributed by atoms with van der Waals surface area (Å²) in [4.78, 5) is 0. The Morgan fingerprint density at radius 3 is 2.86 bits per heavy atom. The molecule has 1 unspecified atom stereocenters. The monoisotopic (exact) mass is 190 g/mol. The maximum Gasteiger partial charge on any atom is 0.0373 e. The Labute approximate surface area is 85.5 Å². The molecule has 0 aromatic heterocycles. The van der Waals surface area contributed by atoms with Crippen LogP contribution in [0.15, 0.2) is 18.2 Å². The fourth-order valence-corrected chi connectivity index (χ4v) is 1.92. The van der Waals surface area contributed by atoms with E-state index in [9.17, 15) is 0 Å². The van der Waals surface area contributed by atoms with Gasteiger partial charge in [0, 0.05) is 18.3 Å². The summed E-state index contributed by atoms with van der Waals surface area (Å²) in [6.07, 6.45) is 1.13. The second-order valence-corrected chi connectivity index (χ2v) is 4.36. The van der Waals surface area contributed by atoms with Gasteiger partial charge in [0.15, 0.2) is 0 Å². The molecule has 1 aliphatic heterocycles. The number of hydrogen-bond donors (Lipinski definition) is 2. The molecule has 14 heavy (non-hydrogen) atoms. The molecular formula is C12H18N2. The van der Waals surface area contributed by atoms with Crippen molar-refractivity contribution in [3.05, 3.63) is 29.3 Å². The lowest BCUT2D eigenvalue weighted by atomic mass is 9.95. The van der Waals surface area contributed by atoms with Crippen molar-refractivity contribution >= 4 is 5.69 Å². The highest BCUT2D eigenvalue weighted by molar-refractivity contribution is 5.56. The Balaban J connectivity index is 2.28. The molecular weight excluding hydrogens is 172 g/mol. The molecule has 76 valence electrons. The van der Waals surface area contributed by atoms with Gasteiger partial charge < -0.3 is 11.1 Å². The topological polar surface area (TPSA) is 38.0 Å². The molecule has 0 fully saturated rings. The van der Waals surface area contributed by atoms with Crippen LogP contribution >= 0.6 is 0 Å². The molecule has 2 rings (SSSR count). The van der Waals surface area contributed by atoms with Gasteiger partial charge in [0.2, 0.25) is 0 Å². The molecule has 0 saturated heterocycles. The van der Waals surface area contributed by atoms with Crippen LogP contribution < -0.4 is 11.1 Å². The SMILES string of the molecule is CC(C)C(N)c1ccc2c(c1)CCN2. The molecule has 0 radical (unpaired) electrons. The van der Waals surface area contributed by atoms with Crippen LogP contribution in [0.5, 0.6) is 0 Å². The molecule has 0 aliphatic carbocycles. The smallest absolute Gasteiger partial charge is 0.0373 e. The van der Waals surface area contributed by atoms with E-state index in [0.29, 0.717) is 5.92 Å². The largest absolute Gasteiger partial charge is 0.384 e. The summed E-state index contributed by atoms with van der Waals surface area (Å²) >= 11 is 0. The van der Waals surface area contributed by atoms with Gasteiger partial charge in [0.1, 0.15) is 0 Å². The van der Waals surface area contributed by atoms with Gasteiger partial charge in [-0.05, 0) is 29.5 Å². The minimum Gasteiger partial charge on any atom is -0.384 e. The Hall–Kier alpha value is -1.02. The van der Waals surface area contributed by atoms with E-state index in [1.807, 2.05) is 0 Å².